The molecule has 0 amide bonds. The molecule has 92 valence electrons. The molecule has 0 aliphatic heterocycles. The first-order valence-electron chi connectivity index (χ1n) is 5.50. The fraction of sp³-hybridized carbons (Fsp3) is 0.0714. The van der Waals surface area contributed by atoms with Crippen LogP contribution in [-0.4, -0.2) is 6.21 Å². The molecule has 0 aliphatic carbocycles. The average Bonchev–Trinajstić information content (AvgIpc) is 2.37. The minimum absolute atomic E-state index is 0.692. The maximum atomic E-state index is 5.82. The van der Waals surface area contributed by atoms with Crippen LogP contribution in [-0.2, 0) is 6.54 Å². The number of rotatable bonds is 4. The van der Waals surface area contributed by atoms with Crippen molar-refractivity contribution in [2.75, 3.05) is 0 Å². The molecule has 0 aromatic heterocycles. The Balaban J connectivity index is 1.87. The Kier molecular flexibility index (Phi) is 5.01. The van der Waals surface area contributed by atoms with E-state index in [1.807, 2.05) is 42.6 Å². The van der Waals surface area contributed by atoms with Crippen molar-refractivity contribution in [2.24, 2.45) is 5.10 Å². The quantitative estimate of drug-likeness (QED) is 0.490. The van der Waals surface area contributed by atoms with Crippen LogP contribution in [0.2, 0.25) is 5.02 Å². The zero-order valence-electron chi connectivity index (χ0n) is 9.61. The Morgan fingerprint density at radius 2 is 1.94 bits per heavy atom. The summed E-state index contributed by atoms with van der Waals surface area (Å²) >= 11 is 8.10. The predicted molar refractivity (Wildman–Crippen MR) is 85.0 cm³/mol. The van der Waals surface area contributed by atoms with Gasteiger partial charge in [-0.2, -0.15) is 5.10 Å². The summed E-state index contributed by atoms with van der Waals surface area (Å²) in [6, 6.07) is 15.9. The minimum Gasteiger partial charge on any atom is -0.306 e. The second-order valence-electron chi connectivity index (χ2n) is 3.77. The fourth-order valence-electron chi connectivity index (χ4n) is 1.45. The van der Waals surface area contributed by atoms with Gasteiger partial charge in [0, 0.05) is 8.59 Å². The van der Waals surface area contributed by atoms with Crippen molar-refractivity contribution in [3.05, 3.63) is 68.3 Å². The molecular weight excluding hydrogens is 359 g/mol. The maximum Gasteiger partial charge on any atom is 0.0580 e. The van der Waals surface area contributed by atoms with Gasteiger partial charge in [-0.25, -0.2) is 0 Å². The van der Waals surface area contributed by atoms with E-state index in [1.165, 1.54) is 3.57 Å². The molecule has 2 aromatic rings. The minimum atomic E-state index is 0.692. The van der Waals surface area contributed by atoms with Gasteiger partial charge >= 0.3 is 0 Å². The van der Waals surface area contributed by atoms with Crippen LogP contribution >= 0.6 is 34.2 Å². The molecule has 2 aromatic carbocycles. The number of halogens is 2. The molecule has 0 bridgehead atoms. The van der Waals surface area contributed by atoms with Gasteiger partial charge in [0.15, 0.2) is 0 Å². The summed E-state index contributed by atoms with van der Waals surface area (Å²) in [5, 5.41) is 4.94. The largest absolute Gasteiger partial charge is 0.306 e. The van der Waals surface area contributed by atoms with Gasteiger partial charge < -0.3 is 5.43 Å². The van der Waals surface area contributed by atoms with E-state index in [-0.39, 0.29) is 0 Å². The fourth-order valence-corrected chi connectivity index (χ4v) is 2.14. The van der Waals surface area contributed by atoms with Crippen molar-refractivity contribution in [1.29, 1.82) is 0 Å². The van der Waals surface area contributed by atoms with Crippen LogP contribution in [0.3, 0.4) is 0 Å². The second-order valence-corrected chi connectivity index (χ2v) is 5.46. The second kappa shape index (κ2) is 6.75. The molecule has 1 N–H and O–H groups in total. The number of hydrogen-bond donors (Lipinski definition) is 1. The SMILES string of the molecule is Clc1ccc(CN/N=C\c2cccc(I)c2)cc1. The van der Waals surface area contributed by atoms with E-state index in [0.717, 1.165) is 16.1 Å². The third kappa shape index (κ3) is 4.31. The number of benzene rings is 2. The molecule has 18 heavy (non-hydrogen) atoms. The lowest BCUT2D eigenvalue weighted by molar-refractivity contribution is 0.748. The Morgan fingerprint density at radius 3 is 2.67 bits per heavy atom. The van der Waals surface area contributed by atoms with Crippen LogP contribution in [0, 0.1) is 3.57 Å². The molecule has 0 aliphatic rings. The number of hydrogen-bond acceptors (Lipinski definition) is 2. The third-order valence-corrected chi connectivity index (χ3v) is 3.27. The molecule has 0 spiro atoms. The van der Waals surface area contributed by atoms with Crippen molar-refractivity contribution >= 4 is 40.4 Å². The predicted octanol–water partition coefficient (Wildman–Crippen LogP) is 4.07. The van der Waals surface area contributed by atoms with Crippen LogP contribution in [0.1, 0.15) is 11.1 Å². The van der Waals surface area contributed by atoms with Crippen LogP contribution in [0.5, 0.6) is 0 Å². The molecular formula is C14H12ClIN2. The molecule has 0 radical (unpaired) electrons. The highest BCUT2D eigenvalue weighted by Crippen LogP contribution is 2.09. The molecule has 0 unspecified atom stereocenters. The van der Waals surface area contributed by atoms with Gasteiger partial charge in [-0.15, -0.1) is 0 Å². The van der Waals surface area contributed by atoms with Gasteiger partial charge in [0.2, 0.25) is 0 Å². The van der Waals surface area contributed by atoms with E-state index in [1.54, 1.807) is 0 Å². The van der Waals surface area contributed by atoms with Crippen molar-refractivity contribution in [3.63, 3.8) is 0 Å². The monoisotopic (exact) mass is 370 g/mol. The van der Waals surface area contributed by atoms with Gasteiger partial charge in [-0.05, 0) is 58.0 Å². The Hall–Kier alpha value is -1.07. The van der Waals surface area contributed by atoms with E-state index < -0.39 is 0 Å². The Morgan fingerprint density at radius 1 is 1.17 bits per heavy atom. The molecule has 0 saturated carbocycles. The summed E-state index contributed by atoms with van der Waals surface area (Å²) in [6.07, 6.45) is 1.82. The van der Waals surface area contributed by atoms with E-state index in [4.69, 9.17) is 11.6 Å². The lowest BCUT2D eigenvalue weighted by Crippen LogP contribution is -2.05. The number of nitrogens with zero attached hydrogens (tertiary/aromatic N) is 1. The normalized spacial score (nSPS) is 10.8. The van der Waals surface area contributed by atoms with Crippen LogP contribution in [0.4, 0.5) is 0 Å². The van der Waals surface area contributed by atoms with Crippen molar-refractivity contribution in [2.45, 2.75) is 6.54 Å². The van der Waals surface area contributed by atoms with Crippen molar-refractivity contribution in [1.82, 2.24) is 5.43 Å². The first-order valence-corrected chi connectivity index (χ1v) is 6.96. The Bertz CT molecular complexity index is 538. The van der Waals surface area contributed by atoms with Crippen LogP contribution in [0.15, 0.2) is 53.6 Å². The van der Waals surface area contributed by atoms with Gasteiger partial charge in [-0.1, -0.05) is 35.9 Å². The van der Waals surface area contributed by atoms with E-state index in [0.29, 0.717) is 6.54 Å². The molecule has 2 rings (SSSR count). The standard InChI is InChI=1S/C14H12ClIN2/c15-13-6-4-11(5-7-13)9-17-18-10-12-2-1-3-14(16)8-12/h1-8,10,17H,9H2/b18-10-. The van der Waals surface area contributed by atoms with Crippen LogP contribution in [0.25, 0.3) is 0 Å². The lowest BCUT2D eigenvalue weighted by Gasteiger charge is -2.01. The third-order valence-electron chi connectivity index (χ3n) is 2.35. The first kappa shape index (κ1) is 13.4. The van der Waals surface area contributed by atoms with Crippen LogP contribution < -0.4 is 5.43 Å². The molecule has 0 saturated heterocycles. The summed E-state index contributed by atoms with van der Waals surface area (Å²) in [6.45, 7) is 0.692. The molecule has 0 fully saturated rings. The number of nitrogens with one attached hydrogen (secondary N) is 1. The lowest BCUT2D eigenvalue weighted by atomic mass is 10.2. The summed E-state index contributed by atoms with van der Waals surface area (Å²) < 4.78 is 1.20. The zero-order chi connectivity index (χ0) is 12.8. The molecule has 2 nitrogen and oxygen atoms in total. The zero-order valence-corrected chi connectivity index (χ0v) is 12.5. The summed E-state index contributed by atoms with van der Waals surface area (Å²) in [7, 11) is 0. The smallest absolute Gasteiger partial charge is 0.0580 e. The average molecular weight is 371 g/mol. The highest BCUT2D eigenvalue weighted by Gasteiger charge is 1.91. The van der Waals surface area contributed by atoms with Crippen molar-refractivity contribution < 1.29 is 0 Å². The maximum absolute atomic E-state index is 5.82. The number of hydrazone groups is 1. The molecule has 0 heterocycles. The van der Waals surface area contributed by atoms with Crippen molar-refractivity contribution in [3.8, 4) is 0 Å². The summed E-state index contributed by atoms with van der Waals surface area (Å²) in [4.78, 5) is 0. The van der Waals surface area contributed by atoms with E-state index in [9.17, 15) is 0 Å². The highest BCUT2D eigenvalue weighted by molar-refractivity contribution is 14.1. The Labute approximate surface area is 125 Å². The van der Waals surface area contributed by atoms with Gasteiger partial charge in [0.25, 0.3) is 0 Å². The molecule has 0 atom stereocenters. The summed E-state index contributed by atoms with van der Waals surface area (Å²) in [5.74, 6) is 0. The highest BCUT2D eigenvalue weighted by atomic mass is 127. The topological polar surface area (TPSA) is 24.4 Å². The van der Waals surface area contributed by atoms with E-state index in [2.05, 4.69) is 45.3 Å². The van der Waals surface area contributed by atoms with E-state index >= 15 is 0 Å². The summed E-state index contributed by atoms with van der Waals surface area (Å²) in [5.41, 5.74) is 5.25. The van der Waals surface area contributed by atoms with Gasteiger partial charge in [-0.3, -0.25) is 0 Å². The molecule has 4 heteroatoms. The van der Waals surface area contributed by atoms with Gasteiger partial charge in [0.05, 0.1) is 12.8 Å². The first-order chi connectivity index (χ1) is 8.74. The van der Waals surface area contributed by atoms with Gasteiger partial charge in [0.1, 0.15) is 0 Å².